The van der Waals surface area contributed by atoms with Gasteiger partial charge in [0.15, 0.2) is 5.82 Å². The van der Waals surface area contributed by atoms with Crippen LogP contribution < -0.4 is 4.90 Å². The molecule has 1 saturated carbocycles. The number of rotatable bonds is 3. The largest absolute Gasteiger partial charge is 0.374 e. The Hall–Kier alpha value is -2.09. The van der Waals surface area contributed by atoms with Crippen LogP contribution in [-0.2, 0) is 11.3 Å². The van der Waals surface area contributed by atoms with Crippen molar-refractivity contribution in [3.63, 3.8) is 0 Å². The van der Waals surface area contributed by atoms with Crippen LogP contribution in [0.2, 0.25) is 0 Å². The van der Waals surface area contributed by atoms with Crippen molar-refractivity contribution in [2.45, 2.75) is 31.5 Å². The maximum absolute atomic E-state index is 13.0. The number of anilines is 1. The molecule has 1 aliphatic heterocycles. The normalized spacial score (nSPS) is 27.9. The van der Waals surface area contributed by atoms with Crippen LogP contribution in [0.5, 0.6) is 0 Å². The van der Waals surface area contributed by atoms with Gasteiger partial charge in [0.1, 0.15) is 12.7 Å². The van der Waals surface area contributed by atoms with Gasteiger partial charge in [-0.05, 0) is 12.8 Å². The Morgan fingerprint density at radius 1 is 1.18 bits per heavy atom. The third-order valence-corrected chi connectivity index (χ3v) is 4.50. The molecule has 0 bridgehead atoms. The highest BCUT2D eigenvalue weighted by molar-refractivity contribution is 5.33. The van der Waals surface area contributed by atoms with E-state index in [1.165, 1.54) is 12.4 Å². The fraction of sp³-hybridized carbons (Fsp3) is 0.571. The first kappa shape index (κ1) is 13.6. The quantitative estimate of drug-likeness (QED) is 0.839. The monoisotopic (exact) mass is 304 g/mol. The Balaban J connectivity index is 1.52. The van der Waals surface area contributed by atoms with Gasteiger partial charge < -0.3 is 14.2 Å². The molecule has 0 spiro atoms. The summed E-state index contributed by atoms with van der Waals surface area (Å²) in [6.45, 7) is 2.24. The maximum Gasteiger partial charge on any atom is 0.225 e. The van der Waals surface area contributed by atoms with E-state index >= 15 is 0 Å². The van der Waals surface area contributed by atoms with Crippen LogP contribution in [0.1, 0.15) is 12.8 Å². The molecule has 3 atom stereocenters. The first-order valence-corrected chi connectivity index (χ1v) is 7.49. The Kier molecular flexibility index (Phi) is 3.45. The molecular formula is C14H17FN6O. The van der Waals surface area contributed by atoms with Gasteiger partial charge in [-0.2, -0.15) is 0 Å². The SMILES string of the molecule is Fc1cnc(N2CCO[C@@H]3C(Cn4cnnc4)CC[C@H]32)nc1. The predicted octanol–water partition coefficient (Wildman–Crippen LogP) is 0.891. The van der Waals surface area contributed by atoms with E-state index in [1.54, 1.807) is 12.7 Å². The molecule has 8 heteroatoms. The van der Waals surface area contributed by atoms with Gasteiger partial charge in [0.25, 0.3) is 0 Å². The van der Waals surface area contributed by atoms with E-state index in [2.05, 4.69) is 25.1 Å². The van der Waals surface area contributed by atoms with Gasteiger partial charge in [0.05, 0.1) is 31.1 Å². The van der Waals surface area contributed by atoms with E-state index in [4.69, 9.17) is 4.74 Å². The second-order valence-electron chi connectivity index (χ2n) is 5.79. The molecule has 22 heavy (non-hydrogen) atoms. The van der Waals surface area contributed by atoms with Gasteiger partial charge in [0.2, 0.25) is 5.95 Å². The van der Waals surface area contributed by atoms with Crippen LogP contribution in [0, 0.1) is 11.7 Å². The highest BCUT2D eigenvalue weighted by atomic mass is 19.1. The van der Waals surface area contributed by atoms with Crippen molar-refractivity contribution in [1.29, 1.82) is 0 Å². The van der Waals surface area contributed by atoms with Crippen LogP contribution in [0.3, 0.4) is 0 Å². The van der Waals surface area contributed by atoms with Crippen molar-refractivity contribution < 1.29 is 9.13 Å². The van der Waals surface area contributed by atoms with Gasteiger partial charge in [-0.1, -0.05) is 0 Å². The number of aromatic nitrogens is 5. The highest BCUT2D eigenvalue weighted by Crippen LogP contribution is 2.36. The number of hydrogen-bond donors (Lipinski definition) is 0. The van der Waals surface area contributed by atoms with E-state index in [-0.39, 0.29) is 12.1 Å². The van der Waals surface area contributed by atoms with E-state index in [9.17, 15) is 4.39 Å². The molecule has 1 unspecified atom stereocenters. The van der Waals surface area contributed by atoms with Gasteiger partial charge >= 0.3 is 0 Å². The van der Waals surface area contributed by atoms with Crippen molar-refractivity contribution >= 4 is 5.95 Å². The summed E-state index contributed by atoms with van der Waals surface area (Å²) in [7, 11) is 0. The summed E-state index contributed by atoms with van der Waals surface area (Å²) in [5.74, 6) is 0.597. The number of halogens is 1. The number of ether oxygens (including phenoxy) is 1. The van der Waals surface area contributed by atoms with Crippen molar-refractivity contribution in [2.24, 2.45) is 5.92 Å². The van der Waals surface area contributed by atoms with Crippen LogP contribution in [-0.4, -0.2) is 50.0 Å². The summed E-state index contributed by atoms with van der Waals surface area (Å²) in [5.41, 5.74) is 0. The van der Waals surface area contributed by atoms with Crippen molar-refractivity contribution in [3.8, 4) is 0 Å². The fourth-order valence-electron chi connectivity index (χ4n) is 3.55. The summed E-state index contributed by atoms with van der Waals surface area (Å²) < 4.78 is 21.0. The second kappa shape index (κ2) is 5.60. The zero-order valence-electron chi connectivity index (χ0n) is 12.0. The minimum Gasteiger partial charge on any atom is -0.374 e. The summed E-state index contributed by atoms with van der Waals surface area (Å²) in [4.78, 5) is 10.4. The standard InChI is InChI=1S/C14H17FN6O/c15-11-5-16-14(17-6-11)21-3-4-22-13-10(1-2-12(13)21)7-20-8-18-19-9-20/h5-6,8-10,12-13H,1-4,7H2/t10?,12-,13-/m1/s1. The lowest BCUT2D eigenvalue weighted by atomic mass is 10.0. The molecule has 0 radical (unpaired) electrons. The molecule has 3 heterocycles. The molecule has 1 aliphatic carbocycles. The lowest BCUT2D eigenvalue weighted by molar-refractivity contribution is -0.00614. The van der Waals surface area contributed by atoms with Crippen LogP contribution in [0.4, 0.5) is 10.3 Å². The first-order valence-electron chi connectivity index (χ1n) is 7.49. The molecule has 4 rings (SSSR count). The first-order chi connectivity index (χ1) is 10.8. The number of nitrogens with zero attached hydrogens (tertiary/aromatic N) is 6. The van der Waals surface area contributed by atoms with Crippen molar-refractivity contribution in [3.05, 3.63) is 30.9 Å². The van der Waals surface area contributed by atoms with Gasteiger partial charge in [0, 0.05) is 19.0 Å². The average Bonchev–Trinajstić information content (AvgIpc) is 3.19. The molecule has 116 valence electrons. The highest BCUT2D eigenvalue weighted by Gasteiger charge is 2.43. The third-order valence-electron chi connectivity index (χ3n) is 4.50. The summed E-state index contributed by atoms with van der Waals surface area (Å²) in [5, 5.41) is 7.69. The van der Waals surface area contributed by atoms with Crippen LogP contribution in [0.25, 0.3) is 0 Å². The summed E-state index contributed by atoms with van der Waals surface area (Å²) in [6.07, 6.45) is 8.15. The zero-order valence-corrected chi connectivity index (χ0v) is 12.0. The molecule has 2 aromatic rings. The number of fused-ring (bicyclic) bond motifs is 1. The predicted molar refractivity (Wildman–Crippen MR) is 75.6 cm³/mol. The minimum absolute atomic E-state index is 0.143. The molecule has 1 saturated heterocycles. The Labute approximate surface area is 127 Å². The molecule has 0 aromatic carbocycles. The third kappa shape index (κ3) is 2.43. The second-order valence-corrected chi connectivity index (χ2v) is 5.79. The smallest absolute Gasteiger partial charge is 0.225 e. The summed E-state index contributed by atoms with van der Waals surface area (Å²) >= 11 is 0. The Bertz CT molecular complexity index is 619. The van der Waals surface area contributed by atoms with E-state index < -0.39 is 5.82 Å². The number of hydrogen-bond acceptors (Lipinski definition) is 6. The van der Waals surface area contributed by atoms with Gasteiger partial charge in [-0.25, -0.2) is 14.4 Å². The minimum atomic E-state index is -0.412. The molecule has 0 amide bonds. The fourth-order valence-corrected chi connectivity index (χ4v) is 3.55. The van der Waals surface area contributed by atoms with Gasteiger partial charge in [-0.15, -0.1) is 10.2 Å². The summed E-state index contributed by atoms with van der Waals surface area (Å²) in [6, 6.07) is 0.251. The Morgan fingerprint density at radius 3 is 2.73 bits per heavy atom. The van der Waals surface area contributed by atoms with Crippen molar-refractivity contribution in [1.82, 2.24) is 24.7 Å². The van der Waals surface area contributed by atoms with Gasteiger partial charge in [-0.3, -0.25) is 0 Å². The zero-order chi connectivity index (χ0) is 14.9. The Morgan fingerprint density at radius 2 is 1.95 bits per heavy atom. The van der Waals surface area contributed by atoms with E-state index in [1.807, 2.05) is 4.57 Å². The molecular weight excluding hydrogens is 287 g/mol. The molecule has 2 aliphatic rings. The number of morpholine rings is 1. The van der Waals surface area contributed by atoms with Crippen LogP contribution >= 0.6 is 0 Å². The molecule has 2 aromatic heterocycles. The molecule has 2 fully saturated rings. The lowest BCUT2D eigenvalue weighted by Crippen LogP contribution is -2.51. The van der Waals surface area contributed by atoms with Crippen molar-refractivity contribution in [2.75, 3.05) is 18.1 Å². The van der Waals surface area contributed by atoms with E-state index in [0.29, 0.717) is 18.5 Å². The maximum atomic E-state index is 13.0. The lowest BCUT2D eigenvalue weighted by Gasteiger charge is -2.39. The molecule has 7 nitrogen and oxygen atoms in total. The topological polar surface area (TPSA) is 69.0 Å². The molecule has 0 N–H and O–H groups in total. The average molecular weight is 304 g/mol. The van der Waals surface area contributed by atoms with Crippen LogP contribution in [0.15, 0.2) is 25.0 Å². The van der Waals surface area contributed by atoms with E-state index in [0.717, 1.165) is 25.9 Å².